The van der Waals surface area contributed by atoms with Crippen LogP contribution < -0.4 is 0 Å². The molecule has 0 spiro atoms. The van der Waals surface area contributed by atoms with Gasteiger partial charge in [-0.2, -0.15) is 0 Å². The molecule has 1 aliphatic rings. The van der Waals surface area contributed by atoms with E-state index in [4.69, 9.17) is 9.84 Å². The number of ether oxygens (including phenoxy) is 1. The molecule has 26 heavy (non-hydrogen) atoms. The number of carbonyl (C=O) groups is 1. The minimum absolute atomic E-state index is 0.343. The van der Waals surface area contributed by atoms with E-state index in [0.29, 0.717) is 6.42 Å². The predicted octanol–water partition coefficient (Wildman–Crippen LogP) is -1.53. The largest absolute Gasteiger partial charge is 0.444 e. The number of hydrogen-bond acceptors (Lipinski definition) is 8. The Balaban J connectivity index is 2.66. The fourth-order valence-electron chi connectivity index (χ4n) is 3.12. The van der Waals surface area contributed by atoms with Gasteiger partial charge >= 0.3 is 6.09 Å². The topological polar surface area (TPSA) is 154 Å². The molecular formula is C16H31N2O8. The SMILES string of the molecule is CN(CC(O)C(O)C(O)C(O)CO)C(=O)OC1CC(C)(C)N([O])C1(C)C. The van der Waals surface area contributed by atoms with Crippen LogP contribution in [-0.4, -0.2) is 103 Å². The monoisotopic (exact) mass is 379 g/mol. The normalized spacial score (nSPS) is 26.8. The minimum atomic E-state index is -1.77. The molecule has 10 heteroatoms. The van der Waals surface area contributed by atoms with Gasteiger partial charge in [-0.1, -0.05) is 0 Å². The first kappa shape index (κ1) is 23.0. The lowest BCUT2D eigenvalue weighted by Crippen LogP contribution is -2.51. The van der Waals surface area contributed by atoms with Crippen LogP contribution in [-0.2, 0) is 9.94 Å². The Morgan fingerprint density at radius 1 is 1.15 bits per heavy atom. The molecule has 0 aromatic heterocycles. The van der Waals surface area contributed by atoms with Gasteiger partial charge in [0.1, 0.15) is 30.5 Å². The molecule has 0 aliphatic carbocycles. The van der Waals surface area contributed by atoms with Crippen LogP contribution in [0.1, 0.15) is 34.1 Å². The van der Waals surface area contributed by atoms with Crippen molar-refractivity contribution in [3.05, 3.63) is 0 Å². The van der Waals surface area contributed by atoms with Gasteiger partial charge in [0.15, 0.2) is 0 Å². The van der Waals surface area contributed by atoms with E-state index in [1.807, 2.05) is 0 Å². The maximum Gasteiger partial charge on any atom is 0.409 e. The molecule has 1 aliphatic heterocycles. The number of hydrogen-bond donors (Lipinski definition) is 5. The summed E-state index contributed by atoms with van der Waals surface area (Å²) in [5, 5.41) is 60.6. The van der Waals surface area contributed by atoms with Crippen molar-refractivity contribution in [1.29, 1.82) is 0 Å². The van der Waals surface area contributed by atoms with Crippen molar-refractivity contribution in [2.45, 2.75) is 75.7 Å². The fourth-order valence-corrected chi connectivity index (χ4v) is 3.12. The van der Waals surface area contributed by atoms with Gasteiger partial charge in [0.2, 0.25) is 0 Å². The molecule has 0 saturated carbocycles. The molecule has 1 amide bonds. The first-order valence-electron chi connectivity index (χ1n) is 8.48. The zero-order valence-electron chi connectivity index (χ0n) is 15.9. The molecule has 1 heterocycles. The minimum Gasteiger partial charge on any atom is -0.444 e. The second-order valence-corrected chi connectivity index (χ2v) is 8.02. The third-order valence-corrected chi connectivity index (χ3v) is 4.89. The van der Waals surface area contributed by atoms with Crippen molar-refractivity contribution in [1.82, 2.24) is 9.96 Å². The Morgan fingerprint density at radius 3 is 2.08 bits per heavy atom. The van der Waals surface area contributed by atoms with Crippen LogP contribution in [0, 0.1) is 0 Å². The summed E-state index contributed by atoms with van der Waals surface area (Å²) in [6.45, 7) is 5.70. The van der Waals surface area contributed by atoms with Gasteiger partial charge in [0.05, 0.1) is 18.7 Å². The van der Waals surface area contributed by atoms with Gasteiger partial charge in [0.25, 0.3) is 0 Å². The summed E-state index contributed by atoms with van der Waals surface area (Å²) in [5.74, 6) is 0. The molecule has 0 aromatic carbocycles. The highest BCUT2D eigenvalue weighted by molar-refractivity contribution is 5.67. The van der Waals surface area contributed by atoms with Gasteiger partial charge < -0.3 is 35.2 Å². The van der Waals surface area contributed by atoms with E-state index in [0.717, 1.165) is 9.96 Å². The molecule has 0 bridgehead atoms. The molecule has 5 unspecified atom stereocenters. The van der Waals surface area contributed by atoms with Gasteiger partial charge in [0, 0.05) is 19.0 Å². The zero-order valence-corrected chi connectivity index (χ0v) is 15.9. The van der Waals surface area contributed by atoms with Crippen LogP contribution in [0.3, 0.4) is 0 Å². The molecule has 10 nitrogen and oxygen atoms in total. The molecule has 1 fully saturated rings. The molecule has 1 rings (SSSR count). The highest BCUT2D eigenvalue weighted by Gasteiger charge is 2.54. The van der Waals surface area contributed by atoms with Crippen LogP contribution in [0.2, 0.25) is 0 Å². The van der Waals surface area contributed by atoms with Crippen molar-refractivity contribution < 1.29 is 40.3 Å². The van der Waals surface area contributed by atoms with E-state index in [1.54, 1.807) is 27.7 Å². The third-order valence-electron chi connectivity index (χ3n) is 4.89. The maximum atomic E-state index is 12.3. The van der Waals surface area contributed by atoms with Crippen LogP contribution >= 0.6 is 0 Å². The molecule has 1 radical (unpaired) electrons. The summed E-state index contributed by atoms with van der Waals surface area (Å²) < 4.78 is 5.40. The Morgan fingerprint density at radius 2 is 1.65 bits per heavy atom. The Hall–Kier alpha value is -1.01. The lowest BCUT2D eigenvalue weighted by atomic mass is 9.97. The molecule has 5 atom stereocenters. The first-order chi connectivity index (χ1) is 11.8. The lowest BCUT2D eigenvalue weighted by Gasteiger charge is -2.33. The average Bonchev–Trinajstić information content (AvgIpc) is 2.71. The summed E-state index contributed by atoms with van der Waals surface area (Å²) in [7, 11) is 1.33. The number of nitrogens with zero attached hydrogens (tertiary/aromatic N) is 2. The van der Waals surface area contributed by atoms with Crippen molar-refractivity contribution in [2.24, 2.45) is 0 Å². The number of amides is 1. The molecule has 0 aromatic rings. The number of aliphatic hydroxyl groups excluding tert-OH is 5. The van der Waals surface area contributed by atoms with Crippen molar-refractivity contribution >= 4 is 6.09 Å². The standard InChI is InChI=1S/C16H31N2O8/c1-15(2)6-11(16(3,4)18(15)25)26-14(24)17(5)7-9(20)12(22)13(23)10(21)8-19/h9-13,19-23H,6-8H2,1-5H3. The summed E-state index contributed by atoms with van der Waals surface area (Å²) in [4.78, 5) is 13.3. The van der Waals surface area contributed by atoms with Crippen molar-refractivity contribution in [3.63, 3.8) is 0 Å². The van der Waals surface area contributed by atoms with Crippen LogP contribution in [0.25, 0.3) is 0 Å². The van der Waals surface area contributed by atoms with Gasteiger partial charge in [-0.15, -0.1) is 10.3 Å². The summed E-state index contributed by atoms with van der Waals surface area (Å²) in [6, 6.07) is 0. The average molecular weight is 379 g/mol. The second-order valence-electron chi connectivity index (χ2n) is 8.02. The number of carbonyl (C=O) groups excluding carboxylic acids is 1. The van der Waals surface area contributed by atoms with E-state index in [9.17, 15) is 30.4 Å². The predicted molar refractivity (Wildman–Crippen MR) is 89.3 cm³/mol. The van der Waals surface area contributed by atoms with Crippen molar-refractivity contribution in [2.75, 3.05) is 20.2 Å². The summed E-state index contributed by atoms with van der Waals surface area (Å²) in [6.07, 6.45) is -7.86. The third kappa shape index (κ3) is 4.83. The number of rotatable bonds is 7. The smallest absolute Gasteiger partial charge is 0.409 e. The quantitative estimate of drug-likeness (QED) is 0.357. The number of hydroxylamine groups is 2. The number of aliphatic hydroxyl groups is 5. The highest BCUT2D eigenvalue weighted by atomic mass is 16.6. The van der Waals surface area contributed by atoms with Crippen molar-refractivity contribution in [3.8, 4) is 0 Å². The van der Waals surface area contributed by atoms with E-state index in [2.05, 4.69) is 0 Å². The summed E-state index contributed by atoms with van der Waals surface area (Å²) in [5.41, 5.74) is -1.60. The molecule has 153 valence electrons. The Kier molecular flexibility index (Phi) is 7.39. The van der Waals surface area contributed by atoms with E-state index in [-0.39, 0.29) is 6.54 Å². The Labute approximate surface area is 153 Å². The lowest BCUT2D eigenvalue weighted by molar-refractivity contribution is -0.251. The summed E-state index contributed by atoms with van der Waals surface area (Å²) >= 11 is 0. The molecular weight excluding hydrogens is 348 g/mol. The van der Waals surface area contributed by atoms with Crippen LogP contribution in [0.4, 0.5) is 4.79 Å². The van der Waals surface area contributed by atoms with E-state index in [1.165, 1.54) is 7.05 Å². The van der Waals surface area contributed by atoms with Gasteiger partial charge in [-0.05, 0) is 27.7 Å². The highest BCUT2D eigenvalue weighted by Crippen LogP contribution is 2.41. The van der Waals surface area contributed by atoms with Crippen LogP contribution in [0.15, 0.2) is 0 Å². The van der Waals surface area contributed by atoms with Crippen LogP contribution in [0.5, 0.6) is 0 Å². The molecule has 1 saturated heterocycles. The van der Waals surface area contributed by atoms with E-state index < -0.39 is 54.3 Å². The maximum absolute atomic E-state index is 12.3. The Bertz CT molecular complexity index is 487. The van der Waals surface area contributed by atoms with E-state index >= 15 is 0 Å². The molecule has 5 N–H and O–H groups in total. The van der Waals surface area contributed by atoms with Gasteiger partial charge in [-0.3, -0.25) is 0 Å². The first-order valence-corrected chi connectivity index (χ1v) is 8.48. The zero-order chi connectivity index (χ0) is 20.4. The van der Waals surface area contributed by atoms with Gasteiger partial charge in [-0.25, -0.2) is 4.79 Å². The number of likely N-dealkylation sites (N-methyl/N-ethyl adjacent to an activating group) is 1. The second kappa shape index (κ2) is 8.34. The fraction of sp³-hybridized carbons (Fsp3) is 0.938.